The van der Waals surface area contributed by atoms with Gasteiger partial charge >= 0.3 is 5.97 Å². The molecule has 0 heterocycles. The van der Waals surface area contributed by atoms with Gasteiger partial charge in [0.15, 0.2) is 0 Å². The molecule has 0 spiro atoms. The number of carbonyl (C=O) groups is 3. The third kappa shape index (κ3) is 5.77. The number of amides is 2. The molecule has 2 aromatic rings. The number of carboxylic acid groups (broad SMARTS) is 1. The summed E-state index contributed by atoms with van der Waals surface area (Å²) in [6.45, 7) is 0. The molecular formula is C17H14Cl2N2O4. The predicted octanol–water partition coefficient (Wildman–Crippen LogP) is 4.05. The van der Waals surface area contributed by atoms with E-state index >= 15 is 0 Å². The van der Waals surface area contributed by atoms with Gasteiger partial charge in [0.25, 0.3) is 5.91 Å². The van der Waals surface area contributed by atoms with Gasteiger partial charge in [-0.05, 0) is 36.4 Å². The molecule has 2 amide bonds. The zero-order chi connectivity index (χ0) is 18.4. The zero-order valence-corrected chi connectivity index (χ0v) is 14.4. The summed E-state index contributed by atoms with van der Waals surface area (Å²) >= 11 is 11.8. The lowest BCUT2D eigenvalue weighted by atomic mass is 10.1. The summed E-state index contributed by atoms with van der Waals surface area (Å²) in [4.78, 5) is 34.4. The van der Waals surface area contributed by atoms with Crippen LogP contribution in [0, 0.1) is 0 Å². The van der Waals surface area contributed by atoms with Gasteiger partial charge < -0.3 is 15.7 Å². The lowest BCUT2D eigenvalue weighted by Gasteiger charge is -2.09. The van der Waals surface area contributed by atoms with Crippen LogP contribution in [0.25, 0.3) is 0 Å². The average molecular weight is 381 g/mol. The second-order valence-electron chi connectivity index (χ2n) is 5.10. The Morgan fingerprint density at radius 2 is 1.72 bits per heavy atom. The van der Waals surface area contributed by atoms with Crippen molar-refractivity contribution in [2.24, 2.45) is 0 Å². The number of nitrogens with one attached hydrogen (secondary N) is 2. The van der Waals surface area contributed by atoms with Gasteiger partial charge in [-0.2, -0.15) is 0 Å². The first kappa shape index (κ1) is 18.8. The zero-order valence-electron chi connectivity index (χ0n) is 12.9. The predicted molar refractivity (Wildman–Crippen MR) is 96.4 cm³/mol. The first-order valence-electron chi connectivity index (χ1n) is 7.23. The first-order valence-corrected chi connectivity index (χ1v) is 7.99. The maximum atomic E-state index is 12.3. The van der Waals surface area contributed by atoms with Crippen molar-refractivity contribution in [3.63, 3.8) is 0 Å². The van der Waals surface area contributed by atoms with E-state index in [1.54, 1.807) is 30.3 Å². The van der Waals surface area contributed by atoms with Crippen LogP contribution in [0.1, 0.15) is 23.2 Å². The molecule has 0 saturated carbocycles. The molecule has 0 radical (unpaired) electrons. The van der Waals surface area contributed by atoms with E-state index in [1.165, 1.54) is 12.1 Å². The number of hydrogen-bond acceptors (Lipinski definition) is 3. The quantitative estimate of drug-likeness (QED) is 0.704. The normalized spacial score (nSPS) is 10.2. The summed E-state index contributed by atoms with van der Waals surface area (Å²) in [5.41, 5.74) is 1.11. The van der Waals surface area contributed by atoms with Gasteiger partial charge in [0.2, 0.25) is 5.91 Å². The van der Waals surface area contributed by atoms with E-state index < -0.39 is 17.8 Å². The molecule has 0 saturated heterocycles. The Labute approximate surface area is 153 Å². The van der Waals surface area contributed by atoms with Crippen LogP contribution in [0.3, 0.4) is 0 Å². The molecule has 2 aromatic carbocycles. The van der Waals surface area contributed by atoms with Crippen molar-refractivity contribution in [2.75, 3.05) is 10.6 Å². The fourth-order valence-electron chi connectivity index (χ4n) is 1.97. The van der Waals surface area contributed by atoms with Gasteiger partial charge in [0.05, 0.1) is 17.1 Å². The SMILES string of the molecule is O=C(O)CCC(=O)Nc1cccc(C(=O)Nc2ccc(Cl)cc2Cl)c1. The van der Waals surface area contributed by atoms with Gasteiger partial charge in [0, 0.05) is 22.7 Å². The monoisotopic (exact) mass is 380 g/mol. The highest BCUT2D eigenvalue weighted by atomic mass is 35.5. The summed E-state index contributed by atoms with van der Waals surface area (Å²) in [5.74, 6) is -1.91. The average Bonchev–Trinajstić information content (AvgIpc) is 2.55. The Bertz CT molecular complexity index is 824. The van der Waals surface area contributed by atoms with Crippen LogP contribution in [0.15, 0.2) is 42.5 Å². The standard InChI is InChI=1S/C17H14Cl2N2O4/c18-11-4-5-14(13(19)9-11)21-17(25)10-2-1-3-12(8-10)20-15(22)6-7-16(23)24/h1-5,8-9H,6-7H2,(H,20,22)(H,21,25)(H,23,24). The topological polar surface area (TPSA) is 95.5 Å². The van der Waals surface area contributed by atoms with Crippen molar-refractivity contribution in [2.45, 2.75) is 12.8 Å². The maximum absolute atomic E-state index is 12.3. The van der Waals surface area contributed by atoms with Gasteiger partial charge in [-0.1, -0.05) is 29.3 Å². The molecule has 3 N–H and O–H groups in total. The summed E-state index contributed by atoms with van der Waals surface area (Å²) < 4.78 is 0. The minimum absolute atomic E-state index is 0.147. The van der Waals surface area contributed by atoms with Crippen LogP contribution in [0.5, 0.6) is 0 Å². The molecule has 0 unspecified atom stereocenters. The molecular weight excluding hydrogens is 367 g/mol. The third-order valence-electron chi connectivity index (χ3n) is 3.15. The highest BCUT2D eigenvalue weighted by Gasteiger charge is 2.11. The lowest BCUT2D eigenvalue weighted by Crippen LogP contribution is -2.15. The van der Waals surface area contributed by atoms with E-state index in [0.717, 1.165) is 0 Å². The lowest BCUT2D eigenvalue weighted by molar-refractivity contribution is -0.138. The number of aliphatic carboxylic acids is 1. The van der Waals surface area contributed by atoms with Crippen LogP contribution in [0.4, 0.5) is 11.4 Å². The Balaban J connectivity index is 2.05. The number of hydrogen-bond donors (Lipinski definition) is 3. The molecule has 0 fully saturated rings. The summed E-state index contributed by atoms with van der Waals surface area (Å²) in [6, 6.07) is 11.0. The number of carboxylic acids is 1. The fourth-order valence-corrected chi connectivity index (χ4v) is 2.42. The molecule has 0 bridgehead atoms. The maximum Gasteiger partial charge on any atom is 0.303 e. The molecule has 6 nitrogen and oxygen atoms in total. The summed E-state index contributed by atoms with van der Waals surface area (Å²) in [7, 11) is 0. The highest BCUT2D eigenvalue weighted by molar-refractivity contribution is 6.36. The molecule has 8 heteroatoms. The molecule has 130 valence electrons. The Morgan fingerprint density at radius 3 is 2.40 bits per heavy atom. The Morgan fingerprint density at radius 1 is 0.960 bits per heavy atom. The third-order valence-corrected chi connectivity index (χ3v) is 3.70. The Kier molecular flexibility index (Phi) is 6.38. The van der Waals surface area contributed by atoms with Crippen molar-refractivity contribution < 1.29 is 19.5 Å². The number of carbonyl (C=O) groups excluding carboxylic acids is 2. The van der Waals surface area contributed by atoms with Crippen molar-refractivity contribution in [1.82, 2.24) is 0 Å². The number of benzene rings is 2. The van der Waals surface area contributed by atoms with Crippen LogP contribution < -0.4 is 10.6 Å². The van der Waals surface area contributed by atoms with E-state index in [9.17, 15) is 14.4 Å². The number of rotatable bonds is 6. The van der Waals surface area contributed by atoms with E-state index in [4.69, 9.17) is 28.3 Å². The van der Waals surface area contributed by atoms with Crippen molar-refractivity contribution in [1.29, 1.82) is 0 Å². The number of anilines is 2. The van der Waals surface area contributed by atoms with E-state index in [1.807, 2.05) is 0 Å². The molecule has 2 rings (SSSR count). The fraction of sp³-hybridized carbons (Fsp3) is 0.118. The van der Waals surface area contributed by atoms with Gasteiger partial charge in [-0.15, -0.1) is 0 Å². The molecule has 0 aromatic heterocycles. The molecule has 0 aliphatic rings. The molecule has 0 aliphatic heterocycles. The van der Waals surface area contributed by atoms with Crippen LogP contribution in [0.2, 0.25) is 10.0 Å². The van der Waals surface area contributed by atoms with Crippen LogP contribution in [-0.4, -0.2) is 22.9 Å². The minimum atomic E-state index is -1.05. The van der Waals surface area contributed by atoms with Crippen LogP contribution in [-0.2, 0) is 9.59 Å². The smallest absolute Gasteiger partial charge is 0.303 e. The summed E-state index contributed by atoms with van der Waals surface area (Å²) in [5, 5.41) is 14.5. The highest BCUT2D eigenvalue weighted by Crippen LogP contribution is 2.26. The summed E-state index contributed by atoms with van der Waals surface area (Å²) in [6.07, 6.45) is -0.410. The van der Waals surface area contributed by atoms with E-state index in [2.05, 4.69) is 10.6 Å². The minimum Gasteiger partial charge on any atom is -0.481 e. The van der Waals surface area contributed by atoms with Gasteiger partial charge in [-0.25, -0.2) is 0 Å². The molecule has 25 heavy (non-hydrogen) atoms. The van der Waals surface area contributed by atoms with E-state index in [-0.39, 0.29) is 12.8 Å². The first-order chi connectivity index (χ1) is 11.8. The number of halogens is 2. The molecule has 0 atom stereocenters. The second kappa shape index (κ2) is 8.50. The Hall–Kier alpha value is -2.57. The van der Waals surface area contributed by atoms with Crippen molar-refractivity contribution in [3.8, 4) is 0 Å². The van der Waals surface area contributed by atoms with E-state index in [0.29, 0.717) is 27.0 Å². The van der Waals surface area contributed by atoms with Gasteiger partial charge in [0.1, 0.15) is 0 Å². The van der Waals surface area contributed by atoms with Crippen molar-refractivity contribution in [3.05, 3.63) is 58.1 Å². The van der Waals surface area contributed by atoms with Gasteiger partial charge in [-0.3, -0.25) is 14.4 Å². The second-order valence-corrected chi connectivity index (χ2v) is 5.94. The van der Waals surface area contributed by atoms with Crippen molar-refractivity contribution >= 4 is 52.4 Å². The van der Waals surface area contributed by atoms with Crippen LogP contribution >= 0.6 is 23.2 Å². The largest absolute Gasteiger partial charge is 0.481 e. The molecule has 0 aliphatic carbocycles.